The van der Waals surface area contributed by atoms with E-state index in [0.717, 1.165) is 4.31 Å². The molecular weight excluding hydrogens is 310 g/mol. The van der Waals surface area contributed by atoms with Gasteiger partial charge in [0.1, 0.15) is 6.04 Å². The molecular formula is C10H17NO7S2. The lowest BCUT2D eigenvalue weighted by atomic mass is 10.2. The number of sulfonamides is 1. The monoisotopic (exact) mass is 327 g/mol. The molecule has 0 spiro atoms. The molecule has 8 nitrogen and oxygen atoms in total. The summed E-state index contributed by atoms with van der Waals surface area (Å²) in [6.45, 7) is -0.0493. The molecule has 0 bridgehead atoms. The summed E-state index contributed by atoms with van der Waals surface area (Å²) in [6, 6.07) is -1.19. The summed E-state index contributed by atoms with van der Waals surface area (Å²) in [6.07, 6.45) is -0.390. The van der Waals surface area contributed by atoms with Crippen LogP contribution in [0, 0.1) is 0 Å². The lowest BCUT2D eigenvalue weighted by Gasteiger charge is -2.23. The lowest BCUT2D eigenvalue weighted by Crippen LogP contribution is -2.45. The molecule has 20 heavy (non-hydrogen) atoms. The molecule has 0 aliphatic carbocycles. The van der Waals surface area contributed by atoms with Gasteiger partial charge in [-0.15, -0.1) is 0 Å². The zero-order valence-corrected chi connectivity index (χ0v) is 12.6. The third kappa shape index (κ3) is 2.83. The van der Waals surface area contributed by atoms with Gasteiger partial charge in [0.05, 0.1) is 22.9 Å². The van der Waals surface area contributed by atoms with Gasteiger partial charge < -0.3 is 9.84 Å². The average molecular weight is 327 g/mol. The molecule has 0 aromatic heterocycles. The highest BCUT2D eigenvalue weighted by atomic mass is 32.2. The number of aliphatic carboxylic acids is 1. The summed E-state index contributed by atoms with van der Waals surface area (Å²) in [4.78, 5) is 11.2. The second-order valence-corrected chi connectivity index (χ2v) is 9.48. The van der Waals surface area contributed by atoms with E-state index in [4.69, 9.17) is 9.84 Å². The van der Waals surface area contributed by atoms with Crippen LogP contribution in [-0.4, -0.2) is 74.8 Å². The maximum Gasteiger partial charge on any atom is 0.322 e. The van der Waals surface area contributed by atoms with Crippen LogP contribution in [0.2, 0.25) is 0 Å². The summed E-state index contributed by atoms with van der Waals surface area (Å²) < 4.78 is 53.6. The summed E-state index contributed by atoms with van der Waals surface area (Å²) in [5.74, 6) is -1.85. The van der Waals surface area contributed by atoms with E-state index in [9.17, 15) is 21.6 Å². The Labute approximate surface area is 117 Å². The van der Waals surface area contributed by atoms with Crippen LogP contribution in [0.25, 0.3) is 0 Å². The zero-order valence-electron chi connectivity index (χ0n) is 10.9. The minimum absolute atomic E-state index is 0.0190. The van der Waals surface area contributed by atoms with Crippen LogP contribution in [0.3, 0.4) is 0 Å². The highest BCUT2D eigenvalue weighted by Gasteiger charge is 2.48. The van der Waals surface area contributed by atoms with Crippen molar-refractivity contribution < 1.29 is 31.5 Å². The van der Waals surface area contributed by atoms with Gasteiger partial charge in [0.2, 0.25) is 10.0 Å². The Hall–Kier alpha value is -0.710. The molecule has 0 amide bonds. The Morgan fingerprint density at radius 2 is 2.05 bits per heavy atom. The van der Waals surface area contributed by atoms with Crippen LogP contribution in [0.4, 0.5) is 0 Å². The summed E-state index contributed by atoms with van der Waals surface area (Å²) in [5, 5.41) is 8.07. The van der Waals surface area contributed by atoms with Crippen LogP contribution in [-0.2, 0) is 29.4 Å². The molecule has 0 radical (unpaired) electrons. The quantitative estimate of drug-likeness (QED) is 0.680. The van der Waals surface area contributed by atoms with Gasteiger partial charge >= 0.3 is 5.97 Å². The number of ether oxygens (including phenoxy) is 1. The first-order chi connectivity index (χ1) is 9.17. The number of hydrogen-bond acceptors (Lipinski definition) is 6. The molecule has 1 N–H and O–H groups in total. The molecule has 2 saturated heterocycles. The van der Waals surface area contributed by atoms with E-state index in [1.165, 1.54) is 7.11 Å². The molecule has 10 heteroatoms. The zero-order chi connectivity index (χ0) is 15.1. The van der Waals surface area contributed by atoms with E-state index in [0.29, 0.717) is 0 Å². The maximum atomic E-state index is 12.4. The molecule has 116 valence electrons. The fourth-order valence-corrected chi connectivity index (χ4v) is 7.34. The third-order valence-electron chi connectivity index (χ3n) is 3.77. The van der Waals surface area contributed by atoms with E-state index < -0.39 is 49.0 Å². The van der Waals surface area contributed by atoms with Gasteiger partial charge in [-0.3, -0.25) is 4.79 Å². The van der Waals surface area contributed by atoms with Crippen LogP contribution < -0.4 is 0 Å². The summed E-state index contributed by atoms with van der Waals surface area (Å²) >= 11 is 0. The Balaban J connectivity index is 2.26. The molecule has 0 aromatic rings. The highest BCUT2D eigenvalue weighted by Crippen LogP contribution is 2.29. The second-order valence-electron chi connectivity index (χ2n) is 5.09. The largest absolute Gasteiger partial charge is 0.480 e. The van der Waals surface area contributed by atoms with Crippen LogP contribution >= 0.6 is 0 Å². The van der Waals surface area contributed by atoms with Crippen molar-refractivity contribution in [3.8, 4) is 0 Å². The van der Waals surface area contributed by atoms with Crippen molar-refractivity contribution in [2.75, 3.05) is 25.2 Å². The summed E-state index contributed by atoms with van der Waals surface area (Å²) in [5.41, 5.74) is 0. The number of rotatable bonds is 4. The number of sulfone groups is 1. The molecule has 0 aromatic carbocycles. The maximum absolute atomic E-state index is 12.4. The van der Waals surface area contributed by atoms with Crippen molar-refractivity contribution in [2.24, 2.45) is 0 Å². The molecule has 2 aliphatic heterocycles. The van der Waals surface area contributed by atoms with Gasteiger partial charge in [0, 0.05) is 20.1 Å². The number of carbonyl (C=O) groups is 1. The van der Waals surface area contributed by atoms with E-state index >= 15 is 0 Å². The fourth-order valence-electron chi connectivity index (χ4n) is 2.63. The van der Waals surface area contributed by atoms with E-state index in [2.05, 4.69) is 0 Å². The van der Waals surface area contributed by atoms with Crippen molar-refractivity contribution >= 4 is 25.8 Å². The SMILES string of the molecule is COC1CC(C(=O)O)N(S(=O)(=O)C2CCS(=O)(=O)C2)C1. The Bertz CT molecular complexity index is 597. The molecule has 2 fully saturated rings. The van der Waals surface area contributed by atoms with E-state index in [1.807, 2.05) is 0 Å². The minimum Gasteiger partial charge on any atom is -0.480 e. The number of carboxylic acid groups (broad SMARTS) is 1. The van der Waals surface area contributed by atoms with Gasteiger partial charge in [-0.05, 0) is 6.42 Å². The molecule has 2 heterocycles. The van der Waals surface area contributed by atoms with Gasteiger partial charge in [0.25, 0.3) is 0 Å². The van der Waals surface area contributed by atoms with Crippen LogP contribution in [0.15, 0.2) is 0 Å². The smallest absolute Gasteiger partial charge is 0.322 e. The topological polar surface area (TPSA) is 118 Å². The number of carboxylic acids is 1. The number of hydrogen-bond donors (Lipinski definition) is 1. The molecule has 2 rings (SSSR count). The van der Waals surface area contributed by atoms with Gasteiger partial charge in [0.15, 0.2) is 9.84 Å². The summed E-state index contributed by atoms with van der Waals surface area (Å²) in [7, 11) is -5.91. The first kappa shape index (κ1) is 15.7. The van der Waals surface area contributed by atoms with Crippen molar-refractivity contribution in [2.45, 2.75) is 30.2 Å². The lowest BCUT2D eigenvalue weighted by molar-refractivity contribution is -0.140. The normalized spacial score (nSPS) is 34.4. The van der Waals surface area contributed by atoms with Crippen LogP contribution in [0.5, 0.6) is 0 Å². The molecule has 2 aliphatic rings. The van der Waals surface area contributed by atoms with Gasteiger partial charge in [-0.1, -0.05) is 0 Å². The third-order valence-corrected chi connectivity index (χ3v) is 8.06. The predicted molar refractivity (Wildman–Crippen MR) is 69.5 cm³/mol. The average Bonchev–Trinajstić information content (AvgIpc) is 2.92. The number of nitrogens with zero attached hydrogens (tertiary/aromatic N) is 1. The van der Waals surface area contributed by atoms with Crippen molar-refractivity contribution in [3.05, 3.63) is 0 Å². The van der Waals surface area contributed by atoms with Crippen molar-refractivity contribution in [3.63, 3.8) is 0 Å². The standard InChI is InChI=1S/C10H17NO7S2/c1-18-7-4-9(10(12)13)11(5-7)20(16,17)8-2-3-19(14,15)6-8/h7-9H,2-6H2,1H3,(H,12,13). The van der Waals surface area contributed by atoms with Gasteiger partial charge in [-0.2, -0.15) is 4.31 Å². The van der Waals surface area contributed by atoms with Crippen molar-refractivity contribution in [1.29, 1.82) is 0 Å². The van der Waals surface area contributed by atoms with Crippen molar-refractivity contribution in [1.82, 2.24) is 4.31 Å². The molecule has 3 atom stereocenters. The Morgan fingerprint density at radius 3 is 2.50 bits per heavy atom. The minimum atomic E-state index is -3.95. The van der Waals surface area contributed by atoms with Gasteiger partial charge in [-0.25, -0.2) is 16.8 Å². The number of methoxy groups -OCH3 is 1. The van der Waals surface area contributed by atoms with Crippen LogP contribution in [0.1, 0.15) is 12.8 Å². The molecule has 0 saturated carbocycles. The Morgan fingerprint density at radius 1 is 1.40 bits per heavy atom. The van der Waals surface area contributed by atoms with E-state index in [-0.39, 0.29) is 25.1 Å². The molecule has 3 unspecified atom stereocenters. The second kappa shape index (κ2) is 5.24. The highest BCUT2D eigenvalue weighted by molar-refractivity contribution is 7.95. The first-order valence-corrected chi connectivity index (χ1v) is 9.46. The predicted octanol–water partition coefficient (Wildman–Crippen LogP) is -1.32. The Kier molecular flexibility index (Phi) is 4.11. The van der Waals surface area contributed by atoms with E-state index in [1.54, 1.807) is 0 Å². The fraction of sp³-hybridized carbons (Fsp3) is 0.900. The first-order valence-electron chi connectivity index (χ1n) is 6.14.